The third kappa shape index (κ3) is 3.87. The third-order valence-corrected chi connectivity index (χ3v) is 4.20. The average Bonchev–Trinajstić information content (AvgIpc) is 3.14. The Morgan fingerprint density at radius 3 is 2.44 bits per heavy atom. The van der Waals surface area contributed by atoms with Gasteiger partial charge in [0.05, 0.1) is 27.0 Å². The second-order valence-corrected chi connectivity index (χ2v) is 5.84. The number of hydrogen-bond acceptors (Lipinski definition) is 5. The summed E-state index contributed by atoms with van der Waals surface area (Å²) >= 11 is 0. The fourth-order valence-electron chi connectivity index (χ4n) is 2.68. The van der Waals surface area contributed by atoms with Gasteiger partial charge in [0.25, 0.3) is 5.91 Å². The Balaban J connectivity index is 1.77. The maximum Gasteiger partial charge on any atom is 0.287 e. The Hall–Kier alpha value is -3.48. The van der Waals surface area contributed by atoms with Gasteiger partial charge in [-0.2, -0.15) is 5.10 Å². The van der Waals surface area contributed by atoms with Crippen LogP contribution in [0.3, 0.4) is 0 Å². The van der Waals surface area contributed by atoms with Gasteiger partial charge >= 0.3 is 0 Å². The first-order valence-electron chi connectivity index (χ1n) is 8.29. The minimum Gasteiger partial charge on any atom is -0.497 e. The number of ether oxygens (including phenoxy) is 3. The number of aromatic amines is 1. The van der Waals surface area contributed by atoms with Crippen molar-refractivity contribution in [3.63, 3.8) is 0 Å². The summed E-state index contributed by atoms with van der Waals surface area (Å²) in [6, 6.07) is 12.8. The van der Waals surface area contributed by atoms with Crippen LogP contribution in [0.15, 0.2) is 47.6 Å². The highest BCUT2D eigenvalue weighted by Crippen LogP contribution is 2.27. The standard InChI is InChI=1S/C20H21N3O4/c1-12(13-5-8-18(26-3)19(11-13)27-4)22-23-20(24)17-10-14-9-15(25-2)6-7-16(14)21-17/h5-11,21H,1-4H3,(H,23,24)/b22-12+. The normalized spacial score (nSPS) is 11.3. The van der Waals surface area contributed by atoms with E-state index in [0.717, 1.165) is 22.2 Å². The Morgan fingerprint density at radius 2 is 1.74 bits per heavy atom. The minimum absolute atomic E-state index is 0.329. The molecule has 3 aromatic rings. The molecule has 0 bridgehead atoms. The summed E-state index contributed by atoms with van der Waals surface area (Å²) in [6.07, 6.45) is 0. The number of carbonyl (C=O) groups excluding carboxylic acids is 1. The summed E-state index contributed by atoms with van der Waals surface area (Å²) in [7, 11) is 4.75. The lowest BCUT2D eigenvalue weighted by Gasteiger charge is -2.09. The van der Waals surface area contributed by atoms with E-state index in [0.29, 0.717) is 22.9 Å². The summed E-state index contributed by atoms with van der Waals surface area (Å²) in [5.74, 6) is 1.63. The molecule has 0 aliphatic heterocycles. The van der Waals surface area contributed by atoms with Gasteiger partial charge in [-0.05, 0) is 49.4 Å². The molecule has 3 rings (SSSR count). The van der Waals surface area contributed by atoms with Gasteiger partial charge < -0.3 is 19.2 Å². The van der Waals surface area contributed by atoms with Gasteiger partial charge in [0.1, 0.15) is 11.4 Å². The van der Waals surface area contributed by atoms with E-state index in [1.165, 1.54) is 0 Å². The molecule has 0 spiro atoms. The SMILES string of the molecule is COc1ccc2[nH]c(C(=O)N/N=C(\C)c3ccc(OC)c(OC)c3)cc2c1. The van der Waals surface area contributed by atoms with Crippen LogP contribution in [-0.2, 0) is 0 Å². The Kier molecular flexibility index (Phi) is 5.30. The molecule has 0 aliphatic rings. The summed E-state index contributed by atoms with van der Waals surface area (Å²) < 4.78 is 15.7. The zero-order valence-corrected chi connectivity index (χ0v) is 15.6. The van der Waals surface area contributed by atoms with Gasteiger partial charge in [-0.3, -0.25) is 4.79 Å². The number of H-pyrrole nitrogens is 1. The molecule has 0 saturated carbocycles. The van der Waals surface area contributed by atoms with Crippen molar-refractivity contribution in [1.82, 2.24) is 10.4 Å². The molecular formula is C20H21N3O4. The number of methoxy groups -OCH3 is 3. The van der Waals surface area contributed by atoms with Crippen LogP contribution in [-0.4, -0.2) is 37.9 Å². The van der Waals surface area contributed by atoms with E-state index < -0.39 is 0 Å². The highest BCUT2D eigenvalue weighted by Gasteiger charge is 2.11. The zero-order chi connectivity index (χ0) is 19.4. The fraction of sp³-hybridized carbons (Fsp3) is 0.200. The summed E-state index contributed by atoms with van der Waals surface area (Å²) in [6.45, 7) is 1.80. The van der Waals surface area contributed by atoms with E-state index in [9.17, 15) is 4.79 Å². The van der Waals surface area contributed by atoms with E-state index in [4.69, 9.17) is 14.2 Å². The first kappa shape index (κ1) is 18.3. The van der Waals surface area contributed by atoms with Crippen molar-refractivity contribution in [2.45, 2.75) is 6.92 Å². The molecule has 2 aromatic carbocycles. The number of hydrazone groups is 1. The lowest BCUT2D eigenvalue weighted by atomic mass is 10.1. The van der Waals surface area contributed by atoms with Crippen LogP contribution in [0.4, 0.5) is 0 Å². The number of fused-ring (bicyclic) bond motifs is 1. The van der Waals surface area contributed by atoms with Gasteiger partial charge in [-0.1, -0.05) is 0 Å². The van der Waals surface area contributed by atoms with E-state index in [1.54, 1.807) is 46.5 Å². The third-order valence-electron chi connectivity index (χ3n) is 4.20. The lowest BCUT2D eigenvalue weighted by molar-refractivity contribution is 0.0950. The highest BCUT2D eigenvalue weighted by atomic mass is 16.5. The summed E-state index contributed by atoms with van der Waals surface area (Å²) in [5, 5.41) is 5.07. The maximum atomic E-state index is 12.4. The summed E-state index contributed by atoms with van der Waals surface area (Å²) in [5.41, 5.74) is 5.29. The molecule has 0 fully saturated rings. The van der Waals surface area contributed by atoms with E-state index >= 15 is 0 Å². The molecule has 1 aromatic heterocycles. The molecule has 0 atom stereocenters. The number of aromatic nitrogens is 1. The van der Waals surface area contributed by atoms with Gasteiger partial charge in [-0.15, -0.1) is 0 Å². The number of nitrogens with zero attached hydrogens (tertiary/aromatic N) is 1. The van der Waals surface area contributed by atoms with Crippen molar-refractivity contribution in [2.75, 3.05) is 21.3 Å². The van der Waals surface area contributed by atoms with Crippen LogP contribution in [0.1, 0.15) is 23.0 Å². The molecule has 27 heavy (non-hydrogen) atoms. The number of nitrogens with one attached hydrogen (secondary N) is 2. The van der Waals surface area contributed by atoms with Crippen molar-refractivity contribution < 1.29 is 19.0 Å². The van der Waals surface area contributed by atoms with E-state index in [1.807, 2.05) is 24.3 Å². The molecule has 1 amide bonds. The zero-order valence-electron chi connectivity index (χ0n) is 15.6. The maximum absolute atomic E-state index is 12.4. The monoisotopic (exact) mass is 367 g/mol. The van der Waals surface area contributed by atoms with Crippen molar-refractivity contribution in [3.8, 4) is 17.2 Å². The molecule has 7 nitrogen and oxygen atoms in total. The molecular weight excluding hydrogens is 346 g/mol. The van der Waals surface area contributed by atoms with Crippen molar-refractivity contribution in [3.05, 3.63) is 53.7 Å². The topological polar surface area (TPSA) is 84.9 Å². The molecule has 0 unspecified atom stereocenters. The van der Waals surface area contributed by atoms with Gasteiger partial charge in [-0.25, -0.2) is 5.43 Å². The lowest BCUT2D eigenvalue weighted by Crippen LogP contribution is -2.19. The Morgan fingerprint density at radius 1 is 0.963 bits per heavy atom. The number of carbonyl (C=O) groups is 1. The van der Waals surface area contributed by atoms with Gasteiger partial charge in [0, 0.05) is 16.5 Å². The quantitative estimate of drug-likeness (QED) is 0.517. The number of amides is 1. The molecule has 140 valence electrons. The first-order chi connectivity index (χ1) is 13.0. The van der Waals surface area contributed by atoms with Crippen LogP contribution in [0, 0.1) is 0 Å². The van der Waals surface area contributed by atoms with Crippen LogP contribution >= 0.6 is 0 Å². The predicted octanol–water partition coefficient (Wildman–Crippen LogP) is 3.35. The van der Waals surface area contributed by atoms with Crippen LogP contribution in [0.2, 0.25) is 0 Å². The summed E-state index contributed by atoms with van der Waals surface area (Å²) in [4.78, 5) is 15.5. The van der Waals surface area contributed by atoms with Gasteiger partial charge in [0.15, 0.2) is 11.5 Å². The average molecular weight is 367 g/mol. The highest BCUT2D eigenvalue weighted by molar-refractivity contribution is 6.02. The Bertz CT molecular complexity index is 1010. The smallest absolute Gasteiger partial charge is 0.287 e. The largest absolute Gasteiger partial charge is 0.497 e. The number of rotatable bonds is 6. The minimum atomic E-state index is -0.329. The van der Waals surface area contributed by atoms with Crippen molar-refractivity contribution >= 4 is 22.5 Å². The molecule has 0 saturated heterocycles. The fourth-order valence-corrected chi connectivity index (χ4v) is 2.68. The molecule has 7 heteroatoms. The molecule has 0 aliphatic carbocycles. The van der Waals surface area contributed by atoms with Gasteiger partial charge in [0.2, 0.25) is 0 Å². The van der Waals surface area contributed by atoms with Crippen LogP contribution in [0.5, 0.6) is 17.2 Å². The first-order valence-corrected chi connectivity index (χ1v) is 8.29. The van der Waals surface area contributed by atoms with E-state index in [2.05, 4.69) is 15.5 Å². The van der Waals surface area contributed by atoms with Crippen molar-refractivity contribution in [1.29, 1.82) is 0 Å². The van der Waals surface area contributed by atoms with Crippen LogP contribution in [0.25, 0.3) is 10.9 Å². The van der Waals surface area contributed by atoms with Crippen LogP contribution < -0.4 is 19.6 Å². The molecule has 1 heterocycles. The number of hydrogen-bond donors (Lipinski definition) is 2. The predicted molar refractivity (Wildman–Crippen MR) is 104 cm³/mol. The Labute approximate surface area is 156 Å². The van der Waals surface area contributed by atoms with E-state index in [-0.39, 0.29) is 5.91 Å². The second kappa shape index (κ2) is 7.82. The molecule has 0 radical (unpaired) electrons. The number of benzene rings is 2. The van der Waals surface area contributed by atoms with Crippen molar-refractivity contribution in [2.24, 2.45) is 5.10 Å². The second-order valence-electron chi connectivity index (χ2n) is 5.84. The molecule has 2 N–H and O–H groups in total.